The third-order valence-corrected chi connectivity index (χ3v) is 10.1. The van der Waals surface area contributed by atoms with Gasteiger partial charge < -0.3 is 19.1 Å². The lowest BCUT2D eigenvalue weighted by atomic mass is 9.74. The van der Waals surface area contributed by atoms with Gasteiger partial charge in [-0.2, -0.15) is 0 Å². The Labute approximate surface area is 263 Å². The minimum absolute atomic E-state index is 0.0172. The van der Waals surface area contributed by atoms with E-state index in [0.717, 1.165) is 62.4 Å². The molecule has 0 unspecified atom stereocenters. The fourth-order valence-corrected chi connectivity index (χ4v) is 7.89. The lowest BCUT2D eigenvalue weighted by Gasteiger charge is -2.53. The second-order valence-electron chi connectivity index (χ2n) is 14.0. The van der Waals surface area contributed by atoms with Crippen molar-refractivity contribution >= 4 is 16.8 Å². The Bertz CT molecular complexity index is 1470. The summed E-state index contributed by atoms with van der Waals surface area (Å²) in [5, 5.41) is 1.24. The topological polar surface area (TPSA) is 53.8 Å². The quantitative estimate of drug-likeness (QED) is 0.235. The molecule has 0 bridgehead atoms. The molecule has 3 aromatic rings. The van der Waals surface area contributed by atoms with E-state index in [0.29, 0.717) is 24.1 Å². The number of ether oxygens (including phenoxy) is 1. The summed E-state index contributed by atoms with van der Waals surface area (Å²) in [7, 11) is 3.94. The van der Waals surface area contributed by atoms with E-state index in [-0.39, 0.29) is 17.4 Å². The van der Waals surface area contributed by atoms with Crippen LogP contribution in [0.3, 0.4) is 0 Å². The number of rotatable bonds is 13. The molecule has 2 aliphatic rings. The number of halogens is 1. The van der Waals surface area contributed by atoms with E-state index in [9.17, 15) is 9.18 Å². The first-order valence-corrected chi connectivity index (χ1v) is 16.5. The van der Waals surface area contributed by atoms with Crippen LogP contribution in [0.5, 0.6) is 0 Å². The number of pyridine rings is 1. The highest BCUT2D eigenvalue weighted by atomic mass is 19.1. The summed E-state index contributed by atoms with van der Waals surface area (Å²) in [6.07, 6.45) is 8.21. The van der Waals surface area contributed by atoms with Crippen molar-refractivity contribution in [2.24, 2.45) is 11.3 Å². The number of carbonyl (C=O) groups is 1. The summed E-state index contributed by atoms with van der Waals surface area (Å²) >= 11 is 0. The molecule has 1 fully saturated rings. The van der Waals surface area contributed by atoms with Crippen LogP contribution in [-0.2, 0) is 17.6 Å². The van der Waals surface area contributed by atoms with E-state index in [1.165, 1.54) is 41.6 Å². The van der Waals surface area contributed by atoms with Crippen molar-refractivity contribution in [3.8, 4) is 5.69 Å². The first-order valence-electron chi connectivity index (χ1n) is 16.5. The molecule has 0 N–H and O–H groups in total. The van der Waals surface area contributed by atoms with Gasteiger partial charge in [0.1, 0.15) is 5.82 Å². The standard InChI is InChI=1S/C36H52FN5O2/c1-9-41(25(4)5)35(43)28-17-27(37)12-13-31(28)42-32-19-36(18-29(32)34-26(6)20-38-21-33(34)42)22-40(23-36)30(24(2)3)11-10-14-39(7)15-16-44-8/h12-13,17,20-21,24-25,30H,9-11,14-16,18-19,22-23H2,1-8H3/t30-/m0/s1. The molecule has 3 heterocycles. The zero-order valence-electron chi connectivity index (χ0n) is 28.1. The second kappa shape index (κ2) is 13.3. The fraction of sp³-hybridized carbons (Fsp3) is 0.611. The van der Waals surface area contributed by atoms with Crippen molar-refractivity contribution in [1.29, 1.82) is 0 Å². The molecule has 1 atom stereocenters. The van der Waals surface area contributed by atoms with E-state index in [4.69, 9.17) is 4.74 Å². The monoisotopic (exact) mass is 605 g/mol. The molecule has 0 radical (unpaired) electrons. The minimum atomic E-state index is -0.393. The Hall–Kier alpha value is -2.81. The van der Waals surface area contributed by atoms with Gasteiger partial charge in [0, 0.05) is 68.1 Å². The number of aryl methyl sites for hydroxylation is 1. The van der Waals surface area contributed by atoms with E-state index < -0.39 is 5.82 Å². The van der Waals surface area contributed by atoms with Crippen LogP contribution in [0.4, 0.5) is 4.39 Å². The molecule has 1 spiro atoms. The lowest BCUT2D eigenvalue weighted by molar-refractivity contribution is -0.0419. The first-order chi connectivity index (χ1) is 21.0. The largest absolute Gasteiger partial charge is 0.383 e. The summed E-state index contributed by atoms with van der Waals surface area (Å²) in [6, 6.07) is 5.27. The molecule has 0 saturated carbocycles. The van der Waals surface area contributed by atoms with Gasteiger partial charge in [-0.05, 0) is 102 Å². The van der Waals surface area contributed by atoms with Gasteiger partial charge in [0.05, 0.1) is 29.6 Å². The van der Waals surface area contributed by atoms with Crippen LogP contribution in [0.25, 0.3) is 16.6 Å². The number of carbonyl (C=O) groups excluding carboxylic acids is 1. The van der Waals surface area contributed by atoms with Crippen molar-refractivity contribution in [1.82, 2.24) is 24.3 Å². The number of fused-ring (bicyclic) bond motifs is 3. The third kappa shape index (κ3) is 6.18. The normalized spacial score (nSPS) is 16.8. The number of likely N-dealkylation sites (tertiary alicyclic amines) is 1. The number of methoxy groups -OCH3 is 1. The van der Waals surface area contributed by atoms with Gasteiger partial charge in [-0.15, -0.1) is 0 Å². The van der Waals surface area contributed by atoms with Crippen LogP contribution < -0.4 is 0 Å². The van der Waals surface area contributed by atoms with Crippen LogP contribution >= 0.6 is 0 Å². The predicted molar refractivity (Wildman–Crippen MR) is 176 cm³/mol. The van der Waals surface area contributed by atoms with Gasteiger partial charge in [0.25, 0.3) is 5.91 Å². The highest BCUT2D eigenvalue weighted by molar-refractivity contribution is 6.00. The zero-order valence-corrected chi connectivity index (χ0v) is 28.1. The van der Waals surface area contributed by atoms with Gasteiger partial charge in [-0.1, -0.05) is 13.8 Å². The molecule has 5 rings (SSSR count). The molecule has 1 saturated heterocycles. The van der Waals surface area contributed by atoms with Crippen molar-refractivity contribution < 1.29 is 13.9 Å². The lowest BCUT2D eigenvalue weighted by Crippen LogP contribution is -2.61. The van der Waals surface area contributed by atoms with E-state index in [2.05, 4.69) is 47.2 Å². The summed E-state index contributed by atoms with van der Waals surface area (Å²) in [6.45, 7) is 18.4. The smallest absolute Gasteiger partial charge is 0.256 e. The molecular weight excluding hydrogens is 553 g/mol. The molecule has 240 valence electrons. The highest BCUT2D eigenvalue weighted by Crippen LogP contribution is 2.50. The number of nitrogens with zero attached hydrogens (tertiary/aromatic N) is 5. The van der Waals surface area contributed by atoms with Crippen LogP contribution in [0.1, 0.15) is 74.6 Å². The predicted octanol–water partition coefficient (Wildman–Crippen LogP) is 6.13. The van der Waals surface area contributed by atoms with Crippen LogP contribution in [0.2, 0.25) is 0 Å². The van der Waals surface area contributed by atoms with Gasteiger partial charge in [0.15, 0.2) is 0 Å². The van der Waals surface area contributed by atoms with Gasteiger partial charge >= 0.3 is 0 Å². The molecular formula is C36H52FN5O2. The Morgan fingerprint density at radius 3 is 2.55 bits per heavy atom. The number of amides is 1. The molecule has 1 aliphatic carbocycles. The van der Waals surface area contributed by atoms with Gasteiger partial charge in [0.2, 0.25) is 0 Å². The van der Waals surface area contributed by atoms with Crippen LogP contribution in [0, 0.1) is 24.1 Å². The molecule has 8 heteroatoms. The van der Waals surface area contributed by atoms with Gasteiger partial charge in [-0.3, -0.25) is 14.7 Å². The molecule has 1 amide bonds. The number of likely N-dealkylation sites (N-methyl/N-ethyl adjacent to an activating group) is 1. The van der Waals surface area contributed by atoms with E-state index in [1.54, 1.807) is 18.1 Å². The maximum atomic E-state index is 14.7. The Morgan fingerprint density at radius 1 is 1.14 bits per heavy atom. The SMILES string of the molecule is CCN(C(=O)c1cc(F)ccc1-n1c2c(c3c(C)cncc31)CC1(C2)CN([C@@H](CCCN(C)CCOC)C(C)C)C1)C(C)C. The number of hydrogen-bond acceptors (Lipinski definition) is 5. The molecule has 7 nitrogen and oxygen atoms in total. The van der Waals surface area contributed by atoms with Crippen molar-refractivity contribution in [2.45, 2.75) is 79.3 Å². The van der Waals surface area contributed by atoms with Crippen LogP contribution in [0.15, 0.2) is 30.6 Å². The first kappa shape index (κ1) is 32.6. The second-order valence-corrected chi connectivity index (χ2v) is 14.0. The molecule has 44 heavy (non-hydrogen) atoms. The highest BCUT2D eigenvalue weighted by Gasteiger charge is 2.51. The maximum absolute atomic E-state index is 14.7. The Balaban J connectivity index is 1.44. The van der Waals surface area contributed by atoms with E-state index in [1.807, 2.05) is 33.2 Å². The Morgan fingerprint density at radius 2 is 1.89 bits per heavy atom. The Kier molecular flexibility index (Phi) is 9.83. The zero-order chi connectivity index (χ0) is 31.8. The number of hydrogen-bond donors (Lipinski definition) is 0. The maximum Gasteiger partial charge on any atom is 0.256 e. The van der Waals surface area contributed by atoms with Crippen molar-refractivity contribution in [3.05, 3.63) is 58.8 Å². The van der Waals surface area contributed by atoms with Gasteiger partial charge in [-0.25, -0.2) is 4.39 Å². The number of benzene rings is 1. The number of aromatic nitrogens is 2. The minimum Gasteiger partial charge on any atom is -0.383 e. The van der Waals surface area contributed by atoms with Crippen molar-refractivity contribution in [3.63, 3.8) is 0 Å². The average Bonchev–Trinajstić information content (AvgIpc) is 3.48. The van der Waals surface area contributed by atoms with E-state index >= 15 is 0 Å². The fourth-order valence-electron chi connectivity index (χ4n) is 7.89. The summed E-state index contributed by atoms with van der Waals surface area (Å²) in [5.41, 5.74) is 6.14. The summed E-state index contributed by atoms with van der Waals surface area (Å²) in [5.74, 6) is 0.0667. The molecule has 2 aromatic heterocycles. The molecule has 1 aliphatic heterocycles. The van der Waals surface area contributed by atoms with Crippen LogP contribution in [-0.4, -0.2) is 95.7 Å². The average molecular weight is 606 g/mol. The third-order valence-electron chi connectivity index (χ3n) is 10.1. The van der Waals surface area contributed by atoms with Crippen molar-refractivity contribution in [2.75, 3.05) is 53.5 Å². The summed E-state index contributed by atoms with van der Waals surface area (Å²) in [4.78, 5) is 25.3. The summed E-state index contributed by atoms with van der Waals surface area (Å²) < 4.78 is 22.2. The molecule has 1 aromatic carbocycles.